The van der Waals surface area contributed by atoms with Gasteiger partial charge in [0.1, 0.15) is 11.5 Å². The minimum Gasteiger partial charge on any atom is -0.320 e. The Morgan fingerprint density at radius 1 is 1.33 bits per heavy atom. The van der Waals surface area contributed by atoms with Gasteiger partial charge in [-0.1, -0.05) is 26.0 Å². The van der Waals surface area contributed by atoms with Crippen LogP contribution in [0.25, 0.3) is 0 Å². The third-order valence-electron chi connectivity index (χ3n) is 4.37. The van der Waals surface area contributed by atoms with E-state index >= 15 is 0 Å². The summed E-state index contributed by atoms with van der Waals surface area (Å²) in [5, 5.41) is 3.71. The van der Waals surface area contributed by atoms with Crippen molar-refractivity contribution in [3.05, 3.63) is 41.6 Å². The van der Waals surface area contributed by atoms with Crippen molar-refractivity contribution in [1.82, 2.24) is 4.90 Å². The molecule has 3 rings (SSSR count). The number of imide groups is 1. The summed E-state index contributed by atoms with van der Waals surface area (Å²) in [6, 6.07) is 5.32. The van der Waals surface area contributed by atoms with Crippen LogP contribution in [0.4, 0.5) is 14.9 Å². The van der Waals surface area contributed by atoms with E-state index in [4.69, 9.17) is 0 Å². The van der Waals surface area contributed by atoms with Crippen LogP contribution < -0.4 is 5.32 Å². The average molecular weight is 390 g/mol. The van der Waals surface area contributed by atoms with Gasteiger partial charge in [-0.2, -0.15) is 14.3 Å². The number of benzene rings is 1. The zero-order valence-corrected chi connectivity index (χ0v) is 16.0. The normalized spacial score (nSPS) is 19.1. The molecule has 0 saturated heterocycles. The predicted molar refractivity (Wildman–Crippen MR) is 102 cm³/mol. The molecule has 0 bridgehead atoms. The van der Waals surface area contributed by atoms with E-state index in [1.807, 2.05) is 13.8 Å². The second-order valence-electron chi connectivity index (χ2n) is 6.81. The number of hydrogen-bond donors (Lipinski definition) is 1. The molecule has 0 spiro atoms. The lowest BCUT2D eigenvalue weighted by Crippen LogP contribution is -2.56. The monoisotopic (exact) mass is 390 g/mol. The molecule has 8 heteroatoms. The van der Waals surface area contributed by atoms with Gasteiger partial charge in [-0.3, -0.25) is 4.79 Å². The number of urea groups is 1. The van der Waals surface area contributed by atoms with E-state index < -0.39 is 23.0 Å². The van der Waals surface area contributed by atoms with Gasteiger partial charge >= 0.3 is 11.9 Å². The first-order valence-corrected chi connectivity index (χ1v) is 9.69. The van der Waals surface area contributed by atoms with Crippen LogP contribution in [0.3, 0.4) is 0 Å². The molecule has 2 aliphatic heterocycles. The fourth-order valence-corrected chi connectivity index (χ4v) is 3.86. The molecule has 4 amide bonds. The van der Waals surface area contributed by atoms with Crippen molar-refractivity contribution in [2.24, 2.45) is 5.92 Å². The van der Waals surface area contributed by atoms with Crippen molar-refractivity contribution in [3.8, 4) is 0 Å². The van der Waals surface area contributed by atoms with Crippen molar-refractivity contribution in [1.29, 1.82) is 0 Å². The van der Waals surface area contributed by atoms with Crippen molar-refractivity contribution in [3.63, 3.8) is 0 Å². The Morgan fingerprint density at radius 2 is 2.07 bits per heavy atom. The zero-order chi connectivity index (χ0) is 19.6. The summed E-state index contributed by atoms with van der Waals surface area (Å²) in [6.45, 7) is 4.06. The van der Waals surface area contributed by atoms with Crippen LogP contribution in [-0.2, 0) is 9.59 Å². The van der Waals surface area contributed by atoms with Crippen LogP contribution in [0.1, 0.15) is 20.3 Å². The standard InChI is InChI=1S/C19H20FN3O3S/c1-12(2)7-9-22-18(25)17-15(8-10-27-17)23(19(22)26)11-16(24)21-14-6-4-3-5-13(14)20/h3-6,8,10,12,17H,7,9,11H2,1-2H3/p+1. The Bertz CT molecular complexity index is 850. The van der Waals surface area contributed by atoms with E-state index in [0.29, 0.717) is 24.6 Å². The van der Waals surface area contributed by atoms with Gasteiger partial charge in [0.05, 0.1) is 12.2 Å². The number of carbonyl (C=O) groups excluding carboxylic acids is 3. The Labute approximate surface area is 161 Å². The average Bonchev–Trinajstić information content (AvgIpc) is 3.10. The summed E-state index contributed by atoms with van der Waals surface area (Å²) >= 11 is 1.32. The lowest BCUT2D eigenvalue weighted by atomic mass is 10.1. The Hall–Kier alpha value is -2.48. The Kier molecular flexibility index (Phi) is 5.74. The number of amides is 4. The number of halogens is 1. The summed E-state index contributed by atoms with van der Waals surface area (Å²) < 4.78 is 15.0. The van der Waals surface area contributed by atoms with Crippen molar-refractivity contribution < 1.29 is 23.3 Å². The number of fused-ring (bicyclic) bond motifs is 1. The molecule has 1 N–H and O–H groups in total. The van der Waals surface area contributed by atoms with Gasteiger partial charge in [-0.15, -0.1) is 11.8 Å². The Balaban J connectivity index is 1.81. The number of para-hydroxylation sites is 1. The second kappa shape index (κ2) is 8.04. The lowest BCUT2D eigenvalue weighted by Gasteiger charge is -2.24. The van der Waals surface area contributed by atoms with Crippen LogP contribution in [0.5, 0.6) is 0 Å². The highest BCUT2D eigenvalue weighted by molar-refractivity contribution is 8.04. The van der Waals surface area contributed by atoms with E-state index in [1.165, 1.54) is 39.4 Å². The molecule has 0 saturated carbocycles. The molecule has 1 aromatic rings. The summed E-state index contributed by atoms with van der Waals surface area (Å²) in [4.78, 5) is 39.1. The van der Waals surface area contributed by atoms with Crippen molar-refractivity contribution in [2.45, 2.75) is 25.5 Å². The first-order valence-electron chi connectivity index (χ1n) is 8.74. The van der Waals surface area contributed by atoms with E-state index in [2.05, 4.69) is 5.32 Å². The SMILES string of the molecule is CC(C)CCN1C(=O)C2SC=CC2=[N+](CC(=O)Nc2ccccc2F)C1=O. The predicted octanol–water partition coefficient (Wildman–Crippen LogP) is 2.86. The lowest BCUT2D eigenvalue weighted by molar-refractivity contribution is -0.425. The molecular formula is C19H21FN3O3S+. The number of rotatable bonds is 6. The highest BCUT2D eigenvalue weighted by atomic mass is 32.2. The fraction of sp³-hybridized carbons (Fsp3) is 0.368. The van der Waals surface area contributed by atoms with E-state index in [-0.39, 0.29) is 18.1 Å². The maximum absolute atomic E-state index is 13.7. The third kappa shape index (κ3) is 4.10. The molecule has 27 heavy (non-hydrogen) atoms. The first-order chi connectivity index (χ1) is 12.9. The minimum absolute atomic E-state index is 0.0533. The van der Waals surface area contributed by atoms with Gasteiger partial charge in [-0.25, -0.2) is 9.18 Å². The smallest absolute Gasteiger partial charge is 0.320 e. The van der Waals surface area contributed by atoms with Crippen molar-refractivity contribution in [2.75, 3.05) is 18.4 Å². The molecule has 6 nitrogen and oxygen atoms in total. The maximum Gasteiger partial charge on any atom is 0.501 e. The highest BCUT2D eigenvalue weighted by Crippen LogP contribution is 2.28. The molecule has 142 valence electrons. The summed E-state index contributed by atoms with van der Waals surface area (Å²) in [7, 11) is 0. The van der Waals surface area contributed by atoms with Gasteiger partial charge in [0.15, 0.2) is 11.8 Å². The van der Waals surface area contributed by atoms with Crippen LogP contribution in [0.15, 0.2) is 35.7 Å². The molecular weight excluding hydrogens is 369 g/mol. The summed E-state index contributed by atoms with van der Waals surface area (Å²) in [5.74, 6) is -0.992. The molecule has 0 radical (unpaired) electrons. The van der Waals surface area contributed by atoms with Crippen LogP contribution in [-0.4, -0.2) is 51.4 Å². The molecule has 0 fully saturated rings. The Morgan fingerprint density at radius 3 is 2.78 bits per heavy atom. The summed E-state index contributed by atoms with van der Waals surface area (Å²) in [6.07, 6.45) is 2.37. The highest BCUT2D eigenvalue weighted by Gasteiger charge is 2.49. The zero-order valence-electron chi connectivity index (χ0n) is 15.1. The quantitative estimate of drug-likeness (QED) is 0.759. The largest absolute Gasteiger partial charge is 0.501 e. The van der Waals surface area contributed by atoms with E-state index in [1.54, 1.807) is 17.6 Å². The number of carbonyl (C=O) groups is 3. The molecule has 2 heterocycles. The van der Waals surface area contributed by atoms with E-state index in [0.717, 1.165) is 0 Å². The number of allylic oxidation sites excluding steroid dienone is 1. The number of thioether (sulfide) groups is 1. The van der Waals surface area contributed by atoms with Gasteiger partial charge in [-0.05, 0) is 36.0 Å². The molecule has 2 aliphatic rings. The molecule has 1 atom stereocenters. The van der Waals surface area contributed by atoms with Gasteiger partial charge < -0.3 is 5.32 Å². The number of hydrogen-bond acceptors (Lipinski definition) is 4. The topological polar surface area (TPSA) is 69.5 Å². The fourth-order valence-electron chi connectivity index (χ4n) is 2.90. The second-order valence-corrected chi connectivity index (χ2v) is 7.83. The van der Waals surface area contributed by atoms with Crippen LogP contribution in [0, 0.1) is 11.7 Å². The molecule has 1 aromatic carbocycles. The third-order valence-corrected chi connectivity index (χ3v) is 5.37. The summed E-state index contributed by atoms with van der Waals surface area (Å²) in [5.41, 5.74) is 0.553. The molecule has 0 aromatic heterocycles. The number of nitrogens with zero attached hydrogens (tertiary/aromatic N) is 2. The molecule has 1 unspecified atom stereocenters. The van der Waals surface area contributed by atoms with E-state index in [9.17, 15) is 18.8 Å². The number of nitrogens with one attached hydrogen (secondary N) is 1. The maximum atomic E-state index is 13.7. The first kappa shape index (κ1) is 19.3. The number of anilines is 1. The van der Waals surface area contributed by atoms with Crippen molar-refractivity contribution >= 4 is 41.0 Å². The van der Waals surface area contributed by atoms with Gasteiger partial charge in [0.2, 0.25) is 0 Å². The van der Waals surface area contributed by atoms with Gasteiger partial charge in [0, 0.05) is 0 Å². The van der Waals surface area contributed by atoms with Gasteiger partial charge in [0.25, 0.3) is 5.91 Å². The molecule has 0 aliphatic carbocycles. The van der Waals surface area contributed by atoms with Crippen LogP contribution in [0.2, 0.25) is 0 Å². The minimum atomic E-state index is -0.550. The van der Waals surface area contributed by atoms with Crippen LogP contribution >= 0.6 is 11.8 Å².